The Bertz CT molecular complexity index is 1030. The average Bonchev–Trinajstić information content (AvgIpc) is 2.88. The number of amides is 1. The highest BCUT2D eigenvalue weighted by atomic mass is 16.5. The largest absolute Gasteiger partial charge is 0.465 e. The van der Waals surface area contributed by atoms with Crippen LogP contribution in [0.2, 0.25) is 0 Å². The summed E-state index contributed by atoms with van der Waals surface area (Å²) in [5.74, 6) is -0.335. The second-order valence-electron chi connectivity index (χ2n) is 8.90. The van der Waals surface area contributed by atoms with E-state index in [0.29, 0.717) is 38.5 Å². The van der Waals surface area contributed by atoms with Gasteiger partial charge in [0, 0.05) is 24.3 Å². The van der Waals surface area contributed by atoms with Gasteiger partial charge in [-0.3, -0.25) is 19.5 Å². The van der Waals surface area contributed by atoms with E-state index in [4.69, 9.17) is 9.47 Å². The molecule has 35 heavy (non-hydrogen) atoms. The van der Waals surface area contributed by atoms with Crippen LogP contribution in [-0.4, -0.2) is 74.0 Å². The van der Waals surface area contributed by atoms with Gasteiger partial charge >= 0.3 is 5.97 Å². The molecule has 0 aromatic heterocycles. The second-order valence-corrected chi connectivity index (χ2v) is 8.90. The van der Waals surface area contributed by atoms with Crippen LogP contribution in [0.1, 0.15) is 46.8 Å². The number of fused-ring (bicyclic) bond motifs is 1. The molecule has 1 fully saturated rings. The van der Waals surface area contributed by atoms with Gasteiger partial charge in [-0.15, -0.1) is 0 Å². The monoisotopic (exact) mass is 478 g/mol. The summed E-state index contributed by atoms with van der Waals surface area (Å²) in [5, 5.41) is 9.45. The average molecular weight is 479 g/mol. The van der Waals surface area contributed by atoms with Gasteiger partial charge in [-0.25, -0.2) is 0 Å². The van der Waals surface area contributed by atoms with Crippen molar-refractivity contribution in [3.8, 4) is 0 Å². The molecule has 0 radical (unpaired) electrons. The highest BCUT2D eigenvalue weighted by Crippen LogP contribution is 2.23. The number of carbonyl (C=O) groups excluding carboxylic acids is 2. The molecular formula is C27H34N4O4. The predicted octanol–water partition coefficient (Wildman–Crippen LogP) is 3.31. The first kappa shape index (κ1) is 24.9. The van der Waals surface area contributed by atoms with Crippen LogP contribution in [0.3, 0.4) is 0 Å². The Labute approximate surface area is 206 Å². The SMILES string of the molecule is CCCCOC(=O)CN1CCc2ccc(NC(=O)c3ccc(C=NN4CCOCC4)cc3)cc2C1. The topological polar surface area (TPSA) is 83.5 Å². The van der Waals surface area contributed by atoms with E-state index in [-0.39, 0.29) is 11.9 Å². The summed E-state index contributed by atoms with van der Waals surface area (Å²) in [7, 11) is 0. The number of carbonyl (C=O) groups is 2. The predicted molar refractivity (Wildman–Crippen MR) is 136 cm³/mol. The second kappa shape index (κ2) is 12.5. The van der Waals surface area contributed by atoms with E-state index in [1.807, 2.05) is 35.5 Å². The highest BCUT2D eigenvalue weighted by Gasteiger charge is 2.20. The summed E-state index contributed by atoms with van der Waals surface area (Å²) in [5.41, 5.74) is 4.66. The maximum atomic E-state index is 12.8. The van der Waals surface area contributed by atoms with E-state index in [2.05, 4.69) is 28.3 Å². The lowest BCUT2D eigenvalue weighted by Crippen LogP contribution is -2.35. The number of nitrogens with zero attached hydrogens (tertiary/aromatic N) is 3. The maximum Gasteiger partial charge on any atom is 0.320 e. The minimum absolute atomic E-state index is 0.159. The van der Waals surface area contributed by atoms with Crippen molar-refractivity contribution in [1.82, 2.24) is 9.91 Å². The minimum atomic E-state index is -0.176. The molecule has 8 nitrogen and oxygen atoms in total. The first-order valence-electron chi connectivity index (χ1n) is 12.4. The quantitative estimate of drug-likeness (QED) is 0.338. The van der Waals surface area contributed by atoms with Gasteiger partial charge in [-0.05, 0) is 53.8 Å². The van der Waals surface area contributed by atoms with E-state index >= 15 is 0 Å². The summed E-state index contributed by atoms with van der Waals surface area (Å²) < 4.78 is 10.6. The first-order valence-corrected chi connectivity index (χ1v) is 12.4. The molecule has 0 saturated carbocycles. The zero-order valence-electron chi connectivity index (χ0n) is 20.4. The molecule has 186 valence electrons. The highest BCUT2D eigenvalue weighted by molar-refractivity contribution is 6.04. The van der Waals surface area contributed by atoms with Gasteiger partial charge in [0.2, 0.25) is 0 Å². The maximum absolute atomic E-state index is 12.8. The Kier molecular flexibility index (Phi) is 8.86. The fourth-order valence-electron chi connectivity index (χ4n) is 4.13. The number of hydrazone groups is 1. The number of unbranched alkanes of at least 4 members (excludes halogenated alkanes) is 1. The molecule has 2 aromatic rings. The normalized spacial score (nSPS) is 16.2. The van der Waals surface area contributed by atoms with Crippen LogP contribution in [0.4, 0.5) is 5.69 Å². The van der Waals surface area contributed by atoms with Gasteiger partial charge in [0.25, 0.3) is 5.91 Å². The number of nitrogens with one attached hydrogen (secondary N) is 1. The third-order valence-electron chi connectivity index (χ3n) is 6.20. The molecule has 0 bridgehead atoms. The summed E-state index contributed by atoms with van der Waals surface area (Å²) >= 11 is 0. The molecule has 4 rings (SSSR count). The van der Waals surface area contributed by atoms with Crippen molar-refractivity contribution >= 4 is 23.8 Å². The molecular weight excluding hydrogens is 444 g/mol. The van der Waals surface area contributed by atoms with E-state index in [1.165, 1.54) is 5.56 Å². The molecule has 1 saturated heterocycles. The van der Waals surface area contributed by atoms with Gasteiger partial charge in [0.05, 0.1) is 45.7 Å². The van der Waals surface area contributed by atoms with Crippen molar-refractivity contribution in [2.24, 2.45) is 5.10 Å². The number of morpholine rings is 1. The Morgan fingerprint density at radius 3 is 2.66 bits per heavy atom. The lowest BCUT2D eigenvalue weighted by molar-refractivity contribution is -0.145. The fraction of sp³-hybridized carbons (Fsp3) is 0.444. The van der Waals surface area contributed by atoms with Crippen LogP contribution >= 0.6 is 0 Å². The Morgan fingerprint density at radius 1 is 1.09 bits per heavy atom. The number of esters is 1. The minimum Gasteiger partial charge on any atom is -0.465 e. The number of rotatable bonds is 9. The van der Waals surface area contributed by atoms with Gasteiger partial charge in [-0.1, -0.05) is 31.5 Å². The third-order valence-corrected chi connectivity index (χ3v) is 6.20. The molecule has 2 aromatic carbocycles. The van der Waals surface area contributed by atoms with Crippen LogP contribution < -0.4 is 5.32 Å². The van der Waals surface area contributed by atoms with Crippen LogP contribution in [-0.2, 0) is 27.2 Å². The van der Waals surface area contributed by atoms with Crippen molar-refractivity contribution < 1.29 is 19.1 Å². The smallest absolute Gasteiger partial charge is 0.320 e. The summed E-state index contributed by atoms with van der Waals surface area (Å²) in [4.78, 5) is 27.0. The van der Waals surface area contributed by atoms with E-state index in [1.54, 1.807) is 12.1 Å². The zero-order valence-corrected chi connectivity index (χ0v) is 20.4. The molecule has 2 aliphatic rings. The summed E-state index contributed by atoms with van der Waals surface area (Å²) in [6.45, 7) is 7.31. The third kappa shape index (κ3) is 7.37. The fourth-order valence-corrected chi connectivity index (χ4v) is 4.13. The molecule has 0 spiro atoms. The van der Waals surface area contributed by atoms with Crippen LogP contribution in [0.25, 0.3) is 0 Å². The number of hydrogen-bond donors (Lipinski definition) is 1. The first-order chi connectivity index (χ1) is 17.1. The van der Waals surface area contributed by atoms with Crippen LogP contribution in [0.5, 0.6) is 0 Å². The number of benzene rings is 2. The summed E-state index contributed by atoms with van der Waals surface area (Å²) in [6, 6.07) is 13.4. The van der Waals surface area contributed by atoms with Gasteiger partial charge in [0.15, 0.2) is 0 Å². The number of ether oxygens (including phenoxy) is 2. The Morgan fingerprint density at radius 2 is 1.89 bits per heavy atom. The molecule has 1 amide bonds. The van der Waals surface area contributed by atoms with Crippen molar-refractivity contribution in [3.05, 3.63) is 64.7 Å². The Hall–Kier alpha value is -3.23. The summed E-state index contributed by atoms with van der Waals surface area (Å²) in [6.07, 6.45) is 4.58. The van der Waals surface area contributed by atoms with E-state index in [0.717, 1.165) is 55.7 Å². The zero-order chi connectivity index (χ0) is 24.5. The van der Waals surface area contributed by atoms with Crippen LogP contribution in [0, 0.1) is 0 Å². The number of hydrogen-bond acceptors (Lipinski definition) is 7. The molecule has 8 heteroatoms. The lowest BCUT2D eigenvalue weighted by atomic mass is 9.99. The standard InChI is InChI=1S/C27H34N4O4/c1-2-3-14-35-26(32)20-30-11-10-22-8-9-25(17-24(22)19-30)29-27(33)23-6-4-21(5-7-23)18-28-31-12-15-34-16-13-31/h4-9,17-18H,2-3,10-16,19-20H2,1H3,(H,29,33). The van der Waals surface area contributed by atoms with Crippen LogP contribution in [0.15, 0.2) is 47.6 Å². The van der Waals surface area contributed by atoms with Crippen molar-refractivity contribution in [2.45, 2.75) is 32.7 Å². The van der Waals surface area contributed by atoms with Gasteiger partial charge in [0.1, 0.15) is 0 Å². The molecule has 2 heterocycles. The van der Waals surface area contributed by atoms with Crippen molar-refractivity contribution in [1.29, 1.82) is 0 Å². The van der Waals surface area contributed by atoms with Crippen molar-refractivity contribution in [2.75, 3.05) is 51.3 Å². The molecule has 1 N–H and O–H groups in total. The van der Waals surface area contributed by atoms with Crippen molar-refractivity contribution in [3.63, 3.8) is 0 Å². The Balaban J connectivity index is 1.31. The number of anilines is 1. The molecule has 0 aliphatic carbocycles. The molecule has 0 atom stereocenters. The van der Waals surface area contributed by atoms with Gasteiger partial charge < -0.3 is 14.8 Å². The van der Waals surface area contributed by atoms with E-state index < -0.39 is 0 Å². The molecule has 2 aliphatic heterocycles. The van der Waals surface area contributed by atoms with E-state index in [9.17, 15) is 9.59 Å². The lowest BCUT2D eigenvalue weighted by Gasteiger charge is -2.28. The van der Waals surface area contributed by atoms with Gasteiger partial charge in [-0.2, -0.15) is 5.10 Å². The molecule has 0 unspecified atom stereocenters.